The third-order valence-corrected chi connectivity index (χ3v) is 4.63. The number of rotatable bonds is 5. The number of pyridine rings is 1. The van der Waals surface area contributed by atoms with Gasteiger partial charge in [-0.1, -0.05) is 0 Å². The molecular weight excluding hydrogens is 347 g/mol. The van der Waals surface area contributed by atoms with Crippen LogP contribution in [0.15, 0.2) is 42.6 Å². The number of benzene rings is 1. The Bertz CT molecular complexity index is 815. The van der Waals surface area contributed by atoms with Gasteiger partial charge in [0.05, 0.1) is 12.1 Å². The largest absolute Gasteiger partial charge is 0.362 e. The molecule has 3 rings (SSSR count). The highest BCUT2D eigenvalue weighted by Crippen LogP contribution is 2.18. The van der Waals surface area contributed by atoms with Gasteiger partial charge >= 0.3 is 0 Å². The van der Waals surface area contributed by atoms with Gasteiger partial charge in [-0.25, -0.2) is 9.37 Å². The maximum Gasteiger partial charge on any atom is 0.257 e. The fourth-order valence-corrected chi connectivity index (χ4v) is 3.13. The van der Waals surface area contributed by atoms with Crippen LogP contribution in [0.3, 0.4) is 0 Å². The number of piperazine rings is 1. The number of amides is 1. The van der Waals surface area contributed by atoms with Crippen molar-refractivity contribution in [2.75, 3.05) is 51.7 Å². The first-order valence-electron chi connectivity index (χ1n) is 8.88. The summed E-state index contributed by atoms with van der Waals surface area (Å²) in [5.41, 5.74) is 1.08. The molecule has 1 amide bonds. The number of carbonyl (C=O) groups excluding carboxylic acids is 2. The molecule has 0 spiro atoms. The molecule has 0 radical (unpaired) electrons. The molecule has 1 aliphatic heterocycles. The predicted molar refractivity (Wildman–Crippen MR) is 102 cm³/mol. The minimum atomic E-state index is -0.355. The smallest absolute Gasteiger partial charge is 0.257 e. The minimum absolute atomic E-state index is 0.0445. The van der Waals surface area contributed by atoms with Gasteiger partial charge < -0.3 is 9.80 Å². The first-order valence-corrected chi connectivity index (χ1v) is 8.88. The van der Waals surface area contributed by atoms with Crippen LogP contribution < -0.4 is 4.90 Å². The third kappa shape index (κ3) is 4.49. The van der Waals surface area contributed by atoms with Crippen LogP contribution in [-0.2, 0) is 0 Å². The quantitative estimate of drug-likeness (QED) is 0.753. The lowest BCUT2D eigenvalue weighted by Crippen LogP contribution is -2.50. The minimum Gasteiger partial charge on any atom is -0.362 e. The summed E-state index contributed by atoms with van der Waals surface area (Å²) < 4.78 is 13.0. The monoisotopic (exact) mass is 370 g/mol. The van der Waals surface area contributed by atoms with E-state index in [0.29, 0.717) is 43.1 Å². The summed E-state index contributed by atoms with van der Waals surface area (Å²) in [4.78, 5) is 35.1. The highest BCUT2D eigenvalue weighted by atomic mass is 19.1. The van der Waals surface area contributed by atoms with Crippen molar-refractivity contribution in [2.45, 2.75) is 0 Å². The SMILES string of the molecule is CN(C)c1ncccc1C(=O)N1CCN(CC(=O)c2ccc(F)cc2)CC1. The fourth-order valence-electron chi connectivity index (χ4n) is 3.13. The molecule has 0 bridgehead atoms. The molecule has 1 aromatic carbocycles. The second kappa shape index (κ2) is 8.26. The molecule has 0 N–H and O–H groups in total. The Morgan fingerprint density at radius 2 is 1.74 bits per heavy atom. The molecule has 1 aromatic heterocycles. The van der Waals surface area contributed by atoms with E-state index < -0.39 is 0 Å². The zero-order valence-electron chi connectivity index (χ0n) is 15.6. The summed E-state index contributed by atoms with van der Waals surface area (Å²) in [6.45, 7) is 2.62. The van der Waals surface area contributed by atoms with Crippen LogP contribution in [0.2, 0.25) is 0 Å². The highest BCUT2D eigenvalue weighted by molar-refractivity contribution is 5.99. The lowest BCUT2D eigenvalue weighted by molar-refractivity contribution is 0.0624. The molecule has 0 saturated carbocycles. The van der Waals surface area contributed by atoms with Crippen molar-refractivity contribution in [3.8, 4) is 0 Å². The lowest BCUT2D eigenvalue weighted by atomic mass is 10.1. The van der Waals surface area contributed by atoms with E-state index in [4.69, 9.17) is 0 Å². The normalized spacial score (nSPS) is 14.9. The molecule has 1 saturated heterocycles. The van der Waals surface area contributed by atoms with Gasteiger partial charge in [0.25, 0.3) is 5.91 Å². The number of ketones is 1. The van der Waals surface area contributed by atoms with Gasteiger partial charge in [-0.05, 0) is 36.4 Å². The average Bonchev–Trinajstić information content (AvgIpc) is 2.68. The number of carbonyl (C=O) groups is 2. The first-order chi connectivity index (χ1) is 13.0. The van der Waals surface area contributed by atoms with E-state index in [-0.39, 0.29) is 24.1 Å². The fraction of sp³-hybridized carbons (Fsp3) is 0.350. The second-order valence-electron chi connectivity index (χ2n) is 6.77. The Kier molecular flexibility index (Phi) is 5.81. The number of nitrogens with zero attached hydrogens (tertiary/aromatic N) is 4. The summed E-state index contributed by atoms with van der Waals surface area (Å²) >= 11 is 0. The van der Waals surface area contributed by atoms with Crippen LogP contribution in [0, 0.1) is 5.82 Å². The molecule has 2 aromatic rings. The van der Waals surface area contributed by atoms with Gasteiger partial charge in [0.2, 0.25) is 0 Å². The molecule has 1 aliphatic rings. The zero-order valence-corrected chi connectivity index (χ0v) is 15.6. The van der Waals surface area contributed by atoms with Crippen molar-refractivity contribution < 1.29 is 14.0 Å². The van der Waals surface area contributed by atoms with Gasteiger partial charge in [-0.2, -0.15) is 0 Å². The van der Waals surface area contributed by atoms with Gasteiger partial charge in [-0.3, -0.25) is 14.5 Å². The van der Waals surface area contributed by atoms with Crippen molar-refractivity contribution in [1.29, 1.82) is 0 Å². The van der Waals surface area contributed by atoms with E-state index in [2.05, 4.69) is 4.98 Å². The predicted octanol–water partition coefficient (Wildman–Crippen LogP) is 1.93. The van der Waals surface area contributed by atoms with Crippen LogP contribution in [0.5, 0.6) is 0 Å². The first kappa shape index (κ1) is 19.0. The van der Waals surface area contributed by atoms with Crippen LogP contribution in [0.25, 0.3) is 0 Å². The summed E-state index contributed by atoms with van der Waals surface area (Å²) in [5.74, 6) is 0.204. The Balaban J connectivity index is 1.58. The topological polar surface area (TPSA) is 56.8 Å². The molecule has 0 atom stereocenters. The molecule has 1 fully saturated rings. The van der Waals surface area contributed by atoms with Crippen molar-refractivity contribution in [3.63, 3.8) is 0 Å². The number of Topliss-reactive ketones (excluding diaryl/α,β-unsaturated/α-hetero) is 1. The summed E-state index contributed by atoms with van der Waals surface area (Å²) in [5, 5.41) is 0. The number of hydrogen-bond donors (Lipinski definition) is 0. The number of hydrogen-bond acceptors (Lipinski definition) is 5. The third-order valence-electron chi connectivity index (χ3n) is 4.63. The second-order valence-corrected chi connectivity index (χ2v) is 6.77. The van der Waals surface area contributed by atoms with Crippen LogP contribution >= 0.6 is 0 Å². The number of halogens is 1. The van der Waals surface area contributed by atoms with E-state index in [0.717, 1.165) is 0 Å². The maximum absolute atomic E-state index is 13.0. The Labute approximate surface area is 158 Å². The van der Waals surface area contributed by atoms with Gasteiger partial charge in [-0.15, -0.1) is 0 Å². The van der Waals surface area contributed by atoms with Crippen LogP contribution in [0.4, 0.5) is 10.2 Å². The van der Waals surface area contributed by atoms with E-state index in [1.807, 2.05) is 23.9 Å². The molecule has 0 unspecified atom stereocenters. The molecular formula is C20H23FN4O2. The zero-order chi connectivity index (χ0) is 19.4. The average molecular weight is 370 g/mol. The molecule has 7 heteroatoms. The molecule has 142 valence electrons. The Morgan fingerprint density at radius 1 is 1.07 bits per heavy atom. The molecule has 0 aliphatic carbocycles. The van der Waals surface area contributed by atoms with Crippen LogP contribution in [0.1, 0.15) is 20.7 Å². The van der Waals surface area contributed by atoms with Gasteiger partial charge in [0.15, 0.2) is 5.78 Å². The summed E-state index contributed by atoms with van der Waals surface area (Å²) in [7, 11) is 3.72. The lowest BCUT2D eigenvalue weighted by Gasteiger charge is -2.34. The summed E-state index contributed by atoms with van der Waals surface area (Å²) in [6, 6.07) is 9.14. The van der Waals surface area contributed by atoms with Gasteiger partial charge in [0, 0.05) is 52.0 Å². The Morgan fingerprint density at radius 3 is 2.37 bits per heavy atom. The summed E-state index contributed by atoms with van der Waals surface area (Å²) in [6.07, 6.45) is 1.67. The van der Waals surface area contributed by atoms with E-state index in [1.54, 1.807) is 23.2 Å². The van der Waals surface area contributed by atoms with Gasteiger partial charge in [0.1, 0.15) is 11.6 Å². The maximum atomic E-state index is 13.0. The van der Waals surface area contributed by atoms with Crippen molar-refractivity contribution in [2.24, 2.45) is 0 Å². The molecule has 27 heavy (non-hydrogen) atoms. The Hall–Kier alpha value is -2.80. The standard InChI is InChI=1S/C20H23FN4O2/c1-23(2)19-17(4-3-9-22-19)20(27)25-12-10-24(11-13-25)14-18(26)15-5-7-16(21)8-6-15/h3-9H,10-14H2,1-2H3. The number of anilines is 1. The number of aromatic nitrogens is 1. The van der Waals surface area contributed by atoms with Crippen molar-refractivity contribution >= 4 is 17.5 Å². The van der Waals surface area contributed by atoms with E-state index >= 15 is 0 Å². The van der Waals surface area contributed by atoms with E-state index in [1.165, 1.54) is 24.3 Å². The highest BCUT2D eigenvalue weighted by Gasteiger charge is 2.25. The van der Waals surface area contributed by atoms with Crippen LogP contribution in [-0.4, -0.2) is 73.3 Å². The van der Waals surface area contributed by atoms with E-state index in [9.17, 15) is 14.0 Å². The van der Waals surface area contributed by atoms with Crippen molar-refractivity contribution in [1.82, 2.24) is 14.8 Å². The van der Waals surface area contributed by atoms with Crippen molar-refractivity contribution in [3.05, 3.63) is 59.5 Å². The molecule has 2 heterocycles. The molecule has 6 nitrogen and oxygen atoms in total.